The van der Waals surface area contributed by atoms with Crippen LogP contribution < -0.4 is 5.32 Å². The number of halogens is 3. The quantitative estimate of drug-likeness (QED) is 0.867. The van der Waals surface area contributed by atoms with Crippen molar-refractivity contribution >= 4 is 11.5 Å². The highest BCUT2D eigenvalue weighted by Crippen LogP contribution is 2.56. The molecule has 1 aliphatic heterocycles. The van der Waals surface area contributed by atoms with Crippen LogP contribution in [0.25, 0.3) is 5.52 Å². The van der Waals surface area contributed by atoms with Crippen LogP contribution in [-0.4, -0.2) is 51.0 Å². The third kappa shape index (κ3) is 2.60. The zero-order chi connectivity index (χ0) is 17.8. The van der Waals surface area contributed by atoms with Gasteiger partial charge in [0.25, 0.3) is 5.92 Å². The highest BCUT2D eigenvalue weighted by molar-refractivity contribution is 5.59. The molecule has 7 nitrogen and oxygen atoms in total. The van der Waals surface area contributed by atoms with E-state index in [1.807, 2.05) is 0 Å². The molecule has 0 radical (unpaired) electrons. The largest absolute Gasteiger partial charge is 0.389 e. The van der Waals surface area contributed by atoms with Gasteiger partial charge in [0, 0.05) is 13.0 Å². The van der Waals surface area contributed by atoms with Crippen molar-refractivity contribution in [2.45, 2.75) is 36.8 Å². The maximum absolute atomic E-state index is 14.3. The molecule has 3 heterocycles. The summed E-state index contributed by atoms with van der Waals surface area (Å²) in [6, 6.07) is 1.28. The van der Waals surface area contributed by atoms with E-state index in [1.54, 1.807) is 6.07 Å². The smallest absolute Gasteiger partial charge is 0.257 e. The van der Waals surface area contributed by atoms with Crippen LogP contribution in [0.15, 0.2) is 6.20 Å². The summed E-state index contributed by atoms with van der Waals surface area (Å²) >= 11 is 0. The standard InChI is InChI=1S/C15H14F3N5O2/c16-12-7(4-19)13(8-3-15(8,17)18)23-10(12)5-20-14(22-23)21-9-1-2-25-6-11(9)24/h5,8-9,11,24H,1-3,6H2,(H,21,22)/t8?,9-,11-/m1/s1. The van der Waals surface area contributed by atoms with Gasteiger partial charge in [0.05, 0.1) is 36.6 Å². The van der Waals surface area contributed by atoms with Crippen molar-refractivity contribution in [1.82, 2.24) is 14.6 Å². The minimum Gasteiger partial charge on any atom is -0.389 e. The zero-order valence-corrected chi connectivity index (χ0v) is 12.9. The van der Waals surface area contributed by atoms with Crippen LogP contribution >= 0.6 is 0 Å². The first-order valence-electron chi connectivity index (χ1n) is 7.80. The lowest BCUT2D eigenvalue weighted by atomic mass is 10.1. The normalized spacial score (nSPS) is 27.9. The highest BCUT2D eigenvalue weighted by atomic mass is 19.3. The van der Waals surface area contributed by atoms with Crippen molar-refractivity contribution < 1.29 is 23.0 Å². The molecule has 132 valence electrons. The molecule has 1 aliphatic carbocycles. The van der Waals surface area contributed by atoms with Crippen LogP contribution in [0.3, 0.4) is 0 Å². The maximum atomic E-state index is 14.3. The number of nitrogens with one attached hydrogen (secondary N) is 1. The second-order valence-electron chi connectivity index (χ2n) is 6.26. The van der Waals surface area contributed by atoms with Gasteiger partial charge in [0.1, 0.15) is 17.1 Å². The molecule has 10 heteroatoms. The number of aromatic nitrogens is 3. The lowest BCUT2D eigenvalue weighted by Gasteiger charge is -2.28. The maximum Gasteiger partial charge on any atom is 0.257 e. The summed E-state index contributed by atoms with van der Waals surface area (Å²) in [5, 5.41) is 26.0. The fraction of sp³-hybridized carbons (Fsp3) is 0.533. The van der Waals surface area contributed by atoms with E-state index >= 15 is 0 Å². The highest BCUT2D eigenvalue weighted by Gasteiger charge is 2.60. The van der Waals surface area contributed by atoms with Crippen molar-refractivity contribution in [3.8, 4) is 6.07 Å². The van der Waals surface area contributed by atoms with Gasteiger partial charge in [-0.3, -0.25) is 0 Å². The number of hydrogen-bond acceptors (Lipinski definition) is 6. The molecule has 2 aliphatic rings. The molecule has 2 aromatic heterocycles. The Labute approximate surface area is 140 Å². The van der Waals surface area contributed by atoms with Crippen LogP contribution in [0.2, 0.25) is 0 Å². The van der Waals surface area contributed by atoms with E-state index in [0.717, 1.165) is 10.7 Å². The van der Waals surface area contributed by atoms with Crippen molar-refractivity contribution in [3.63, 3.8) is 0 Å². The van der Waals surface area contributed by atoms with Gasteiger partial charge in [0.2, 0.25) is 5.95 Å². The molecular weight excluding hydrogens is 339 g/mol. The number of ether oxygens (including phenoxy) is 1. The van der Waals surface area contributed by atoms with Gasteiger partial charge in [-0.15, -0.1) is 5.10 Å². The summed E-state index contributed by atoms with van der Waals surface area (Å²) in [6.45, 7) is 0.615. The fourth-order valence-electron chi connectivity index (χ4n) is 3.09. The molecule has 1 unspecified atom stereocenters. The van der Waals surface area contributed by atoms with Gasteiger partial charge < -0.3 is 15.2 Å². The van der Waals surface area contributed by atoms with Crippen molar-refractivity contribution in [3.05, 3.63) is 23.3 Å². The van der Waals surface area contributed by atoms with Crippen molar-refractivity contribution in [2.75, 3.05) is 18.5 Å². The Hall–Kier alpha value is -2.38. The first-order valence-corrected chi connectivity index (χ1v) is 7.80. The van der Waals surface area contributed by atoms with Gasteiger partial charge in [0.15, 0.2) is 5.82 Å². The SMILES string of the molecule is N#Cc1c(F)c2cnc(N[C@@H]3CCOC[C@H]3O)nn2c1C1CC1(F)F. The zero-order valence-electron chi connectivity index (χ0n) is 12.9. The molecule has 1 saturated heterocycles. The summed E-state index contributed by atoms with van der Waals surface area (Å²) in [7, 11) is 0. The molecule has 2 aromatic rings. The number of anilines is 1. The summed E-state index contributed by atoms with van der Waals surface area (Å²) in [6.07, 6.45) is 0.441. The Bertz CT molecular complexity index is 878. The fourth-order valence-corrected chi connectivity index (χ4v) is 3.09. The third-order valence-electron chi connectivity index (χ3n) is 4.57. The number of hydrogen-bond donors (Lipinski definition) is 2. The van der Waals surface area contributed by atoms with E-state index < -0.39 is 35.7 Å². The number of aliphatic hydroxyl groups is 1. The summed E-state index contributed by atoms with van der Waals surface area (Å²) in [5.74, 6) is -5.06. The second kappa shape index (κ2) is 5.57. The van der Waals surface area contributed by atoms with Gasteiger partial charge in [-0.1, -0.05) is 0 Å². The van der Waals surface area contributed by atoms with Crippen LogP contribution in [0.4, 0.5) is 19.1 Å². The van der Waals surface area contributed by atoms with Crippen LogP contribution in [0.5, 0.6) is 0 Å². The number of aliphatic hydroxyl groups excluding tert-OH is 1. The van der Waals surface area contributed by atoms with E-state index in [2.05, 4.69) is 15.4 Å². The minimum absolute atomic E-state index is 0.0585. The topological polar surface area (TPSA) is 95.5 Å². The molecular formula is C15H14F3N5O2. The average molecular weight is 353 g/mol. The number of nitrogens with zero attached hydrogens (tertiary/aromatic N) is 4. The Balaban J connectivity index is 1.74. The molecule has 0 spiro atoms. The monoisotopic (exact) mass is 353 g/mol. The second-order valence-corrected chi connectivity index (χ2v) is 6.26. The van der Waals surface area contributed by atoms with Crippen LogP contribution in [0.1, 0.15) is 30.0 Å². The average Bonchev–Trinajstić information content (AvgIpc) is 3.11. The van der Waals surface area contributed by atoms with Crippen molar-refractivity contribution in [1.29, 1.82) is 5.26 Å². The Morgan fingerprint density at radius 3 is 2.88 bits per heavy atom. The van der Waals surface area contributed by atoms with E-state index in [9.17, 15) is 18.3 Å². The molecule has 3 atom stereocenters. The molecule has 2 N–H and O–H groups in total. The molecule has 0 bridgehead atoms. The molecule has 0 aromatic carbocycles. The van der Waals surface area contributed by atoms with Crippen LogP contribution in [0, 0.1) is 17.1 Å². The lowest BCUT2D eigenvalue weighted by Crippen LogP contribution is -2.42. The van der Waals surface area contributed by atoms with E-state index in [4.69, 9.17) is 10.00 Å². The molecule has 2 fully saturated rings. The van der Waals surface area contributed by atoms with Crippen molar-refractivity contribution in [2.24, 2.45) is 0 Å². The Morgan fingerprint density at radius 2 is 2.24 bits per heavy atom. The Morgan fingerprint density at radius 1 is 1.48 bits per heavy atom. The lowest BCUT2D eigenvalue weighted by molar-refractivity contribution is -0.0136. The predicted molar refractivity (Wildman–Crippen MR) is 78.8 cm³/mol. The number of nitriles is 1. The molecule has 0 amide bonds. The summed E-state index contributed by atoms with van der Waals surface area (Å²) in [5.41, 5.74) is -0.704. The minimum atomic E-state index is -2.97. The summed E-state index contributed by atoms with van der Waals surface area (Å²) < 4.78 is 47.5. The van der Waals surface area contributed by atoms with E-state index in [0.29, 0.717) is 13.0 Å². The van der Waals surface area contributed by atoms with Gasteiger partial charge in [-0.25, -0.2) is 22.7 Å². The summed E-state index contributed by atoms with van der Waals surface area (Å²) in [4.78, 5) is 3.97. The van der Waals surface area contributed by atoms with Gasteiger partial charge in [-0.2, -0.15) is 5.26 Å². The molecule has 1 saturated carbocycles. The molecule has 25 heavy (non-hydrogen) atoms. The Kier molecular flexibility index (Phi) is 3.59. The number of alkyl halides is 2. The van der Waals surface area contributed by atoms with Gasteiger partial charge >= 0.3 is 0 Å². The number of fused-ring (bicyclic) bond motifs is 1. The van der Waals surface area contributed by atoms with E-state index in [1.165, 1.54) is 0 Å². The number of rotatable bonds is 3. The van der Waals surface area contributed by atoms with Crippen LogP contribution in [-0.2, 0) is 4.74 Å². The molecule has 4 rings (SSSR count). The van der Waals surface area contributed by atoms with Gasteiger partial charge in [-0.05, 0) is 6.42 Å². The first kappa shape index (κ1) is 16.1. The third-order valence-corrected chi connectivity index (χ3v) is 4.57. The van der Waals surface area contributed by atoms with E-state index in [-0.39, 0.29) is 29.8 Å². The first-order chi connectivity index (χ1) is 11.9. The predicted octanol–water partition coefficient (Wildman–Crippen LogP) is 1.42.